The first-order chi connectivity index (χ1) is 7.90. The van der Waals surface area contributed by atoms with Crippen molar-refractivity contribution >= 4 is 0 Å². The predicted molar refractivity (Wildman–Crippen MR) is 70.7 cm³/mol. The smallest absolute Gasteiger partial charge is 0.143 e. The number of nitrogens with zero attached hydrogens (tertiary/aromatic N) is 3. The fourth-order valence-electron chi connectivity index (χ4n) is 1.85. The zero-order valence-electron chi connectivity index (χ0n) is 12.0. The molecule has 1 N–H and O–H groups in total. The maximum absolute atomic E-state index is 4.38. The second-order valence-corrected chi connectivity index (χ2v) is 5.78. The van der Waals surface area contributed by atoms with Crippen LogP contribution in [0.15, 0.2) is 6.33 Å². The number of hydrogen-bond donors (Lipinski definition) is 1. The van der Waals surface area contributed by atoms with Crippen LogP contribution in [0.2, 0.25) is 0 Å². The summed E-state index contributed by atoms with van der Waals surface area (Å²) in [6.07, 6.45) is 2.73. The van der Waals surface area contributed by atoms with E-state index in [9.17, 15) is 0 Å². The molecule has 17 heavy (non-hydrogen) atoms. The van der Waals surface area contributed by atoms with Gasteiger partial charge in [0.15, 0.2) is 0 Å². The highest BCUT2D eigenvalue weighted by Gasteiger charge is 2.25. The van der Waals surface area contributed by atoms with Gasteiger partial charge >= 0.3 is 0 Å². The van der Waals surface area contributed by atoms with Crippen molar-refractivity contribution in [1.82, 2.24) is 20.1 Å². The lowest BCUT2D eigenvalue weighted by atomic mass is 9.78. The van der Waals surface area contributed by atoms with E-state index in [2.05, 4.69) is 50.0 Å². The Bertz CT molecular complexity index is 337. The molecule has 2 unspecified atom stereocenters. The molecule has 0 aromatic carbocycles. The topological polar surface area (TPSA) is 42.7 Å². The molecule has 98 valence electrons. The minimum atomic E-state index is 0.284. The molecule has 0 aliphatic heterocycles. The van der Waals surface area contributed by atoms with Crippen LogP contribution in [0, 0.1) is 11.3 Å². The molecule has 0 radical (unpaired) electrons. The van der Waals surface area contributed by atoms with Crippen molar-refractivity contribution < 1.29 is 0 Å². The minimum absolute atomic E-state index is 0.284. The van der Waals surface area contributed by atoms with Gasteiger partial charge in [-0.2, -0.15) is 5.10 Å². The van der Waals surface area contributed by atoms with Gasteiger partial charge in [-0.15, -0.1) is 0 Å². The van der Waals surface area contributed by atoms with Gasteiger partial charge in [-0.3, -0.25) is 0 Å². The summed E-state index contributed by atoms with van der Waals surface area (Å²) in [6.45, 7) is 12.1. The zero-order valence-corrected chi connectivity index (χ0v) is 12.0. The lowest BCUT2D eigenvalue weighted by Crippen LogP contribution is -2.27. The van der Waals surface area contributed by atoms with Crippen LogP contribution < -0.4 is 5.32 Å². The van der Waals surface area contributed by atoms with Gasteiger partial charge in [0.2, 0.25) is 0 Å². The van der Waals surface area contributed by atoms with E-state index in [1.54, 1.807) is 6.33 Å². The quantitative estimate of drug-likeness (QED) is 0.857. The van der Waals surface area contributed by atoms with E-state index in [0.29, 0.717) is 11.3 Å². The van der Waals surface area contributed by atoms with Crippen LogP contribution in [0.3, 0.4) is 0 Å². The second-order valence-electron chi connectivity index (χ2n) is 5.78. The molecule has 0 spiro atoms. The molecule has 0 fully saturated rings. The van der Waals surface area contributed by atoms with Crippen LogP contribution in [0.25, 0.3) is 0 Å². The molecular weight excluding hydrogens is 212 g/mol. The Balaban J connectivity index is 2.79. The Labute approximate surface area is 105 Å². The largest absolute Gasteiger partial charge is 0.310 e. The van der Waals surface area contributed by atoms with E-state index in [0.717, 1.165) is 18.8 Å². The fourth-order valence-corrected chi connectivity index (χ4v) is 1.85. The first-order valence-corrected chi connectivity index (χ1v) is 6.45. The van der Waals surface area contributed by atoms with Gasteiger partial charge in [0, 0.05) is 6.54 Å². The lowest BCUT2D eigenvalue weighted by molar-refractivity contribution is 0.221. The van der Waals surface area contributed by atoms with E-state index in [-0.39, 0.29) is 6.04 Å². The van der Waals surface area contributed by atoms with Crippen LogP contribution in [0.5, 0.6) is 0 Å². The molecule has 1 aromatic rings. The fraction of sp³-hybridized carbons (Fsp3) is 0.846. The molecule has 1 heterocycles. The molecule has 2 atom stereocenters. The molecule has 0 aliphatic carbocycles. The van der Waals surface area contributed by atoms with Gasteiger partial charge in [-0.05, 0) is 31.7 Å². The van der Waals surface area contributed by atoms with E-state index < -0.39 is 0 Å². The number of hydrogen-bond acceptors (Lipinski definition) is 3. The van der Waals surface area contributed by atoms with Crippen LogP contribution in [-0.4, -0.2) is 21.8 Å². The van der Waals surface area contributed by atoms with Crippen molar-refractivity contribution in [3.8, 4) is 0 Å². The average molecular weight is 238 g/mol. The minimum Gasteiger partial charge on any atom is -0.310 e. The first-order valence-electron chi connectivity index (χ1n) is 6.45. The molecule has 1 aromatic heterocycles. The maximum atomic E-state index is 4.38. The number of nitrogens with one attached hydrogen (secondary N) is 1. The standard InChI is InChI=1S/C13H26N4/c1-7-17-12(15-9-16-17)11(14-6)8-10(2)13(3,4)5/h9-11,14H,7-8H2,1-6H3. The number of aryl methyl sites for hydroxylation is 1. The zero-order chi connectivity index (χ0) is 13.1. The van der Waals surface area contributed by atoms with Crippen LogP contribution in [-0.2, 0) is 6.54 Å². The summed E-state index contributed by atoms with van der Waals surface area (Å²) in [6, 6.07) is 0.284. The third-order valence-electron chi connectivity index (χ3n) is 3.67. The van der Waals surface area contributed by atoms with Gasteiger partial charge in [-0.25, -0.2) is 9.67 Å². The Morgan fingerprint density at radius 1 is 1.41 bits per heavy atom. The summed E-state index contributed by atoms with van der Waals surface area (Å²) in [4.78, 5) is 4.38. The third kappa shape index (κ3) is 3.53. The number of aromatic nitrogens is 3. The third-order valence-corrected chi connectivity index (χ3v) is 3.67. The molecule has 0 bridgehead atoms. The van der Waals surface area contributed by atoms with Crippen LogP contribution >= 0.6 is 0 Å². The maximum Gasteiger partial charge on any atom is 0.143 e. The van der Waals surface area contributed by atoms with Crippen molar-refractivity contribution in [2.45, 2.75) is 53.6 Å². The molecule has 1 rings (SSSR count). The first kappa shape index (κ1) is 14.2. The summed E-state index contributed by atoms with van der Waals surface area (Å²) in [5.74, 6) is 1.67. The van der Waals surface area contributed by atoms with Crippen molar-refractivity contribution in [1.29, 1.82) is 0 Å². The second kappa shape index (κ2) is 5.63. The molecule has 4 heteroatoms. The SMILES string of the molecule is CCn1ncnc1C(CC(C)C(C)(C)C)NC. The summed E-state index contributed by atoms with van der Waals surface area (Å²) < 4.78 is 1.97. The molecule has 0 aliphatic rings. The monoisotopic (exact) mass is 238 g/mol. The summed E-state index contributed by atoms with van der Waals surface area (Å²) in [7, 11) is 1.99. The predicted octanol–water partition coefficient (Wildman–Crippen LogP) is 2.63. The van der Waals surface area contributed by atoms with E-state index >= 15 is 0 Å². The molecule has 4 nitrogen and oxygen atoms in total. The summed E-state index contributed by atoms with van der Waals surface area (Å²) in [5, 5.41) is 7.60. The van der Waals surface area contributed by atoms with Crippen molar-refractivity contribution in [2.24, 2.45) is 11.3 Å². The van der Waals surface area contributed by atoms with Gasteiger partial charge in [0.1, 0.15) is 12.2 Å². The average Bonchev–Trinajstić information content (AvgIpc) is 2.71. The van der Waals surface area contributed by atoms with E-state index in [4.69, 9.17) is 0 Å². The van der Waals surface area contributed by atoms with Gasteiger partial charge < -0.3 is 5.32 Å². The molecule has 0 saturated carbocycles. The van der Waals surface area contributed by atoms with Crippen LogP contribution in [0.4, 0.5) is 0 Å². The summed E-state index contributed by atoms with van der Waals surface area (Å²) in [5.41, 5.74) is 0.326. The highest BCUT2D eigenvalue weighted by Crippen LogP contribution is 2.32. The van der Waals surface area contributed by atoms with E-state index in [1.807, 2.05) is 11.7 Å². The molecule has 0 amide bonds. The van der Waals surface area contributed by atoms with Gasteiger partial charge in [0.25, 0.3) is 0 Å². The Hall–Kier alpha value is -0.900. The van der Waals surface area contributed by atoms with Crippen molar-refractivity contribution in [3.63, 3.8) is 0 Å². The molecular formula is C13H26N4. The number of rotatable bonds is 5. The highest BCUT2D eigenvalue weighted by atomic mass is 15.3. The summed E-state index contributed by atoms with van der Waals surface area (Å²) >= 11 is 0. The van der Waals surface area contributed by atoms with Crippen molar-refractivity contribution in [3.05, 3.63) is 12.2 Å². The Morgan fingerprint density at radius 3 is 2.53 bits per heavy atom. The Morgan fingerprint density at radius 2 is 2.06 bits per heavy atom. The van der Waals surface area contributed by atoms with Gasteiger partial charge in [0.05, 0.1) is 6.04 Å². The van der Waals surface area contributed by atoms with Crippen LogP contribution in [0.1, 0.15) is 52.9 Å². The lowest BCUT2D eigenvalue weighted by Gasteiger charge is -2.30. The van der Waals surface area contributed by atoms with E-state index in [1.165, 1.54) is 0 Å². The van der Waals surface area contributed by atoms with Crippen molar-refractivity contribution in [2.75, 3.05) is 7.05 Å². The highest BCUT2D eigenvalue weighted by molar-refractivity contribution is 4.95. The Kier molecular flexibility index (Phi) is 4.69. The van der Waals surface area contributed by atoms with Gasteiger partial charge in [-0.1, -0.05) is 27.7 Å². The molecule has 0 saturated heterocycles. The normalized spacial score (nSPS) is 15.9.